The lowest BCUT2D eigenvalue weighted by atomic mass is 9.52. The maximum absolute atomic E-state index is 11.3. The molecule has 3 aliphatic carbocycles. The number of fused-ring (bicyclic) bond motifs is 5. The summed E-state index contributed by atoms with van der Waals surface area (Å²) >= 11 is 6.65. The molecule has 0 aromatic heterocycles. The van der Waals surface area contributed by atoms with E-state index in [2.05, 4.69) is 18.3 Å². The lowest BCUT2D eigenvalue weighted by Crippen LogP contribution is -2.47. The van der Waals surface area contributed by atoms with Crippen molar-refractivity contribution >= 4 is 17.5 Å². The second-order valence-electron chi connectivity index (χ2n) is 11.9. The van der Waals surface area contributed by atoms with Crippen molar-refractivity contribution in [2.24, 2.45) is 23.2 Å². The number of carbonyl (C=O) groups is 1. The summed E-state index contributed by atoms with van der Waals surface area (Å²) in [5, 5.41) is 23.7. The predicted molar refractivity (Wildman–Crippen MR) is 143 cm³/mol. The van der Waals surface area contributed by atoms with Crippen LogP contribution in [0.15, 0.2) is 18.2 Å². The number of aliphatic hydroxyl groups is 1. The van der Waals surface area contributed by atoms with Crippen molar-refractivity contribution in [3.8, 4) is 5.75 Å². The number of nitrogens with one attached hydrogen (secondary N) is 1. The highest BCUT2D eigenvalue weighted by atomic mass is 35.5. The Morgan fingerprint density at radius 2 is 1.80 bits per heavy atom. The molecule has 3 N–H and O–H groups in total. The fourth-order valence-electron chi connectivity index (χ4n) is 7.88. The summed E-state index contributed by atoms with van der Waals surface area (Å²) in [5.41, 5.74) is 2.73. The number of rotatable bonds is 11. The van der Waals surface area contributed by atoms with Crippen LogP contribution in [0.25, 0.3) is 0 Å². The normalized spacial score (nSPS) is 33.6. The molecule has 4 nitrogen and oxygen atoms in total. The lowest BCUT2D eigenvalue weighted by molar-refractivity contribution is -0.120. The molecule has 0 spiro atoms. The van der Waals surface area contributed by atoms with Gasteiger partial charge in [0, 0.05) is 13.5 Å². The highest BCUT2D eigenvalue weighted by molar-refractivity contribution is 6.21. The van der Waals surface area contributed by atoms with Crippen LogP contribution in [-0.2, 0) is 11.2 Å². The molecule has 2 saturated carbocycles. The van der Waals surface area contributed by atoms with Gasteiger partial charge in [-0.25, -0.2) is 0 Å². The third-order valence-electron chi connectivity index (χ3n) is 9.83. The number of carbonyl (C=O) groups excluding carboxylic acids is 1. The molecule has 0 bridgehead atoms. The van der Waals surface area contributed by atoms with E-state index in [1.54, 1.807) is 7.05 Å². The number of hydrogen-bond donors (Lipinski definition) is 3. The summed E-state index contributed by atoms with van der Waals surface area (Å²) in [6.45, 7) is 2.29. The first-order chi connectivity index (χ1) is 16.8. The Morgan fingerprint density at radius 1 is 1.11 bits per heavy atom. The van der Waals surface area contributed by atoms with Gasteiger partial charge in [-0.2, -0.15) is 0 Å². The zero-order valence-electron chi connectivity index (χ0n) is 21.8. The SMILES string of the molecule is CNC(=O)CCCCCCCCCC[C@@H]1Cc2cc(O)ccc2C2CC[C@@]3(C)C(C[C@@H](Cl)C3O)C21. The van der Waals surface area contributed by atoms with Crippen molar-refractivity contribution in [2.75, 3.05) is 7.05 Å². The topological polar surface area (TPSA) is 69.6 Å². The fourth-order valence-corrected chi connectivity index (χ4v) is 8.36. The van der Waals surface area contributed by atoms with E-state index in [1.807, 2.05) is 12.1 Å². The number of hydrogen-bond acceptors (Lipinski definition) is 3. The van der Waals surface area contributed by atoms with Crippen molar-refractivity contribution < 1.29 is 15.0 Å². The van der Waals surface area contributed by atoms with Crippen LogP contribution >= 0.6 is 11.6 Å². The lowest BCUT2D eigenvalue weighted by Gasteiger charge is -2.53. The molecule has 0 saturated heterocycles. The Labute approximate surface area is 217 Å². The molecule has 0 heterocycles. The average Bonchev–Trinajstić information content (AvgIpc) is 3.08. The number of unbranched alkanes of at least 4 members (excludes halogenated alkanes) is 7. The molecule has 4 unspecified atom stereocenters. The van der Waals surface area contributed by atoms with E-state index in [9.17, 15) is 15.0 Å². The second kappa shape index (κ2) is 11.9. The van der Waals surface area contributed by atoms with Gasteiger partial charge in [-0.3, -0.25) is 4.79 Å². The van der Waals surface area contributed by atoms with Crippen molar-refractivity contribution in [2.45, 2.75) is 114 Å². The van der Waals surface area contributed by atoms with Crippen molar-refractivity contribution in [1.82, 2.24) is 5.32 Å². The maximum atomic E-state index is 11.3. The highest BCUT2D eigenvalue weighted by Gasteiger charge is 2.59. The molecule has 1 aromatic rings. The number of aromatic hydroxyl groups is 1. The van der Waals surface area contributed by atoms with Gasteiger partial charge < -0.3 is 15.5 Å². The van der Waals surface area contributed by atoms with E-state index in [0.29, 0.717) is 35.8 Å². The number of phenols is 1. The molecule has 3 aliphatic rings. The van der Waals surface area contributed by atoms with E-state index in [-0.39, 0.29) is 16.7 Å². The molecule has 2 fully saturated rings. The summed E-state index contributed by atoms with van der Waals surface area (Å²) in [6, 6.07) is 6.03. The third kappa shape index (κ3) is 5.85. The summed E-state index contributed by atoms with van der Waals surface area (Å²) in [6.07, 6.45) is 15.4. The molecular weight excluding hydrogens is 458 g/mol. The zero-order chi connectivity index (χ0) is 25.0. The van der Waals surface area contributed by atoms with Gasteiger partial charge in [-0.05, 0) is 90.9 Å². The Morgan fingerprint density at radius 3 is 2.51 bits per heavy atom. The minimum absolute atomic E-state index is 0.0575. The molecule has 4 rings (SSSR count). The van der Waals surface area contributed by atoms with Crippen LogP contribution in [0.2, 0.25) is 0 Å². The Balaban J connectivity index is 1.31. The van der Waals surface area contributed by atoms with Crippen LogP contribution in [0.1, 0.15) is 107 Å². The summed E-state index contributed by atoms with van der Waals surface area (Å²) in [4.78, 5) is 11.3. The van der Waals surface area contributed by atoms with E-state index < -0.39 is 6.10 Å². The first kappa shape index (κ1) is 26.8. The number of phenolic OH excluding ortho intramolecular Hbond substituents is 1. The Bertz CT molecular complexity index is 860. The fraction of sp³-hybridized carbons (Fsp3) is 0.767. The van der Waals surface area contributed by atoms with Gasteiger partial charge in [0.2, 0.25) is 5.91 Å². The van der Waals surface area contributed by atoms with Gasteiger partial charge >= 0.3 is 0 Å². The third-order valence-corrected chi connectivity index (χ3v) is 10.2. The van der Waals surface area contributed by atoms with Gasteiger partial charge in [-0.1, -0.05) is 57.9 Å². The van der Waals surface area contributed by atoms with Gasteiger partial charge in [0.1, 0.15) is 5.75 Å². The molecule has 1 amide bonds. The molecule has 5 heteroatoms. The van der Waals surface area contributed by atoms with Crippen LogP contribution in [-0.4, -0.2) is 34.6 Å². The molecule has 1 aromatic carbocycles. The van der Waals surface area contributed by atoms with Gasteiger partial charge in [0.15, 0.2) is 0 Å². The molecular formula is C30H46ClNO3. The number of alkyl halides is 1. The van der Waals surface area contributed by atoms with Crippen molar-refractivity contribution in [3.05, 3.63) is 29.3 Å². The molecule has 7 atom stereocenters. The number of aliphatic hydroxyl groups excluding tert-OH is 1. The minimum atomic E-state index is -0.395. The summed E-state index contributed by atoms with van der Waals surface area (Å²) in [7, 11) is 1.71. The second-order valence-corrected chi connectivity index (χ2v) is 12.5. The first-order valence-electron chi connectivity index (χ1n) is 14.2. The van der Waals surface area contributed by atoms with E-state index in [1.165, 1.54) is 56.1 Å². The van der Waals surface area contributed by atoms with Crippen molar-refractivity contribution in [1.29, 1.82) is 0 Å². The van der Waals surface area contributed by atoms with Gasteiger partial charge in [0.05, 0.1) is 11.5 Å². The number of amides is 1. The smallest absolute Gasteiger partial charge is 0.219 e. The minimum Gasteiger partial charge on any atom is -0.508 e. The quantitative estimate of drug-likeness (QED) is 0.232. The predicted octanol–water partition coefficient (Wildman–Crippen LogP) is 6.70. The zero-order valence-corrected chi connectivity index (χ0v) is 22.5. The monoisotopic (exact) mass is 503 g/mol. The van der Waals surface area contributed by atoms with Gasteiger partial charge in [0.25, 0.3) is 0 Å². The molecule has 196 valence electrons. The van der Waals surface area contributed by atoms with Crippen LogP contribution in [0, 0.1) is 23.2 Å². The highest BCUT2D eigenvalue weighted by Crippen LogP contribution is 2.63. The molecule has 0 radical (unpaired) electrons. The molecule has 0 aliphatic heterocycles. The molecule has 35 heavy (non-hydrogen) atoms. The maximum Gasteiger partial charge on any atom is 0.219 e. The largest absolute Gasteiger partial charge is 0.508 e. The number of halogens is 1. The van der Waals surface area contributed by atoms with Crippen LogP contribution in [0.3, 0.4) is 0 Å². The summed E-state index contributed by atoms with van der Waals surface area (Å²) in [5.74, 6) is 2.75. The average molecular weight is 504 g/mol. The Hall–Kier alpha value is -1.26. The van der Waals surface area contributed by atoms with E-state index >= 15 is 0 Å². The number of benzene rings is 1. The van der Waals surface area contributed by atoms with Gasteiger partial charge in [-0.15, -0.1) is 11.6 Å². The van der Waals surface area contributed by atoms with Crippen LogP contribution in [0.5, 0.6) is 5.75 Å². The van der Waals surface area contributed by atoms with Crippen LogP contribution in [0.4, 0.5) is 0 Å². The Kier molecular flexibility index (Phi) is 9.08. The van der Waals surface area contributed by atoms with E-state index in [4.69, 9.17) is 11.6 Å². The van der Waals surface area contributed by atoms with E-state index in [0.717, 1.165) is 38.5 Å². The summed E-state index contributed by atoms with van der Waals surface area (Å²) < 4.78 is 0. The van der Waals surface area contributed by atoms with Crippen LogP contribution < -0.4 is 5.32 Å². The first-order valence-corrected chi connectivity index (χ1v) is 14.6. The standard InChI is InChI=1S/C30H46ClNO3/c1-30-16-15-24-23-14-13-22(33)18-21(23)17-20(28(24)25(30)19-26(31)29(30)35)11-9-7-5-3-4-6-8-10-12-27(34)32-2/h13-14,18,20,24-26,28-29,33,35H,3-12,15-17,19H2,1-2H3,(H,32,34)/t20-,24?,25?,26-,28?,29?,30+/m1/s1. The van der Waals surface area contributed by atoms with Crippen molar-refractivity contribution in [3.63, 3.8) is 0 Å².